The quantitative estimate of drug-likeness (QED) is 0.256. The summed E-state index contributed by atoms with van der Waals surface area (Å²) in [4.78, 5) is 20.0. The summed E-state index contributed by atoms with van der Waals surface area (Å²) in [5, 5.41) is 11.9. The summed E-state index contributed by atoms with van der Waals surface area (Å²) in [5.41, 5.74) is 1.93. The van der Waals surface area contributed by atoms with Gasteiger partial charge in [0.25, 0.3) is 0 Å². The second kappa shape index (κ2) is 13.8. The highest BCUT2D eigenvalue weighted by Crippen LogP contribution is 2.25. The van der Waals surface area contributed by atoms with Crippen LogP contribution in [0.1, 0.15) is 30.3 Å². The Hall–Kier alpha value is -1.69. The summed E-state index contributed by atoms with van der Waals surface area (Å²) in [6.45, 7) is 8.64. The van der Waals surface area contributed by atoms with E-state index >= 15 is 0 Å². The number of amides is 1. The molecule has 0 saturated carbocycles. The first-order valence-corrected chi connectivity index (χ1v) is 11.6. The normalized spacial score (nSPS) is 15.7. The van der Waals surface area contributed by atoms with Crippen LogP contribution in [0.3, 0.4) is 0 Å². The Morgan fingerprint density at radius 1 is 1.16 bits per heavy atom. The molecule has 3 rings (SSSR count). The highest BCUT2D eigenvalue weighted by atomic mass is 127. The van der Waals surface area contributed by atoms with Gasteiger partial charge in [-0.15, -0.1) is 35.3 Å². The molecule has 0 radical (unpaired) electrons. The second-order valence-electron chi connectivity index (χ2n) is 7.83. The lowest BCUT2D eigenvalue weighted by Crippen LogP contribution is -2.46. The molecule has 0 bridgehead atoms. The number of aliphatic imine (C=N–C) groups is 1. The summed E-state index contributed by atoms with van der Waals surface area (Å²) >= 11 is 1.79. The van der Waals surface area contributed by atoms with E-state index in [0.717, 1.165) is 50.1 Å². The average Bonchev–Trinajstić information content (AvgIpc) is 3.32. The van der Waals surface area contributed by atoms with Gasteiger partial charge in [-0.2, -0.15) is 0 Å². The van der Waals surface area contributed by atoms with Crippen molar-refractivity contribution in [2.45, 2.75) is 26.4 Å². The van der Waals surface area contributed by atoms with Crippen LogP contribution in [0.15, 0.2) is 46.8 Å². The Morgan fingerprint density at radius 3 is 2.47 bits per heavy atom. The molecule has 1 aromatic heterocycles. The van der Waals surface area contributed by atoms with Crippen molar-refractivity contribution in [3.05, 3.63) is 52.2 Å². The maximum atomic E-state index is 11.8. The predicted molar refractivity (Wildman–Crippen MR) is 143 cm³/mol. The van der Waals surface area contributed by atoms with E-state index in [0.29, 0.717) is 12.6 Å². The van der Waals surface area contributed by atoms with Crippen molar-refractivity contribution in [1.82, 2.24) is 15.5 Å². The van der Waals surface area contributed by atoms with Crippen molar-refractivity contribution in [3.63, 3.8) is 0 Å². The van der Waals surface area contributed by atoms with Gasteiger partial charge >= 0.3 is 0 Å². The number of morpholine rings is 1. The monoisotopic (exact) mass is 571 g/mol. The fourth-order valence-electron chi connectivity index (χ4n) is 3.37. The minimum absolute atomic E-state index is 0. The van der Waals surface area contributed by atoms with Crippen molar-refractivity contribution < 1.29 is 9.53 Å². The van der Waals surface area contributed by atoms with Gasteiger partial charge in [-0.1, -0.05) is 32.0 Å². The van der Waals surface area contributed by atoms with Gasteiger partial charge in [0.2, 0.25) is 5.91 Å². The standard InChI is InChI=1S/C23H33N5O2S.HI/c1-17(2)22(29)27-19-8-6-18(7-9-19)15-25-23(24-3)26-16-20(21-5-4-14-31-21)28-10-12-30-13-11-28;/h4-9,14,17,20H,10-13,15-16H2,1-3H3,(H,27,29)(H2,24,25,26);1H. The van der Waals surface area contributed by atoms with Crippen LogP contribution >= 0.6 is 35.3 Å². The smallest absolute Gasteiger partial charge is 0.226 e. The summed E-state index contributed by atoms with van der Waals surface area (Å²) in [6.07, 6.45) is 0. The Balaban J connectivity index is 0.00000363. The second-order valence-corrected chi connectivity index (χ2v) is 8.81. The lowest BCUT2D eigenvalue weighted by molar-refractivity contribution is -0.118. The third-order valence-electron chi connectivity index (χ3n) is 5.25. The molecule has 2 aromatic rings. The largest absolute Gasteiger partial charge is 0.379 e. The minimum Gasteiger partial charge on any atom is -0.379 e. The van der Waals surface area contributed by atoms with E-state index < -0.39 is 0 Å². The van der Waals surface area contributed by atoms with E-state index in [9.17, 15) is 4.79 Å². The van der Waals surface area contributed by atoms with Crippen LogP contribution in [0.25, 0.3) is 0 Å². The molecule has 1 unspecified atom stereocenters. The highest BCUT2D eigenvalue weighted by molar-refractivity contribution is 14.0. The molecule has 1 amide bonds. The fourth-order valence-corrected chi connectivity index (χ4v) is 4.23. The van der Waals surface area contributed by atoms with Gasteiger partial charge in [0.15, 0.2) is 5.96 Å². The van der Waals surface area contributed by atoms with Crippen molar-refractivity contribution in [2.24, 2.45) is 10.9 Å². The first kappa shape index (κ1) is 26.6. The zero-order valence-electron chi connectivity index (χ0n) is 19.0. The topological polar surface area (TPSA) is 78.0 Å². The van der Waals surface area contributed by atoms with E-state index in [4.69, 9.17) is 4.74 Å². The Labute approximate surface area is 212 Å². The number of carbonyl (C=O) groups is 1. The van der Waals surface area contributed by atoms with E-state index in [-0.39, 0.29) is 35.8 Å². The lowest BCUT2D eigenvalue weighted by Gasteiger charge is -2.34. The number of hydrogen-bond acceptors (Lipinski definition) is 5. The molecule has 1 aromatic carbocycles. The van der Waals surface area contributed by atoms with Gasteiger partial charge in [-0.05, 0) is 29.1 Å². The molecule has 1 aliphatic rings. The average molecular weight is 572 g/mol. The van der Waals surface area contributed by atoms with Crippen molar-refractivity contribution >= 4 is 52.9 Å². The molecule has 1 aliphatic heterocycles. The summed E-state index contributed by atoms with van der Waals surface area (Å²) in [5.74, 6) is 0.759. The van der Waals surface area contributed by atoms with Gasteiger partial charge in [0.1, 0.15) is 0 Å². The fraction of sp³-hybridized carbons (Fsp3) is 0.478. The maximum absolute atomic E-state index is 11.8. The van der Waals surface area contributed by atoms with E-state index in [1.54, 1.807) is 18.4 Å². The Morgan fingerprint density at radius 2 is 1.88 bits per heavy atom. The SMILES string of the molecule is CN=C(NCc1ccc(NC(=O)C(C)C)cc1)NCC(c1cccs1)N1CCOCC1.I. The molecular formula is C23H34IN5O2S. The lowest BCUT2D eigenvalue weighted by atomic mass is 10.1. The molecule has 1 saturated heterocycles. The predicted octanol–water partition coefficient (Wildman–Crippen LogP) is 3.70. The first-order chi connectivity index (χ1) is 15.1. The number of guanidine groups is 1. The number of nitrogens with zero attached hydrogens (tertiary/aromatic N) is 2. The number of nitrogens with one attached hydrogen (secondary N) is 3. The van der Waals surface area contributed by atoms with E-state index in [1.807, 2.05) is 38.1 Å². The van der Waals surface area contributed by atoms with E-state index in [1.165, 1.54) is 4.88 Å². The highest BCUT2D eigenvalue weighted by Gasteiger charge is 2.23. The molecular weight excluding hydrogens is 537 g/mol. The van der Waals surface area contributed by atoms with Crippen LogP contribution in [-0.4, -0.2) is 56.7 Å². The van der Waals surface area contributed by atoms with E-state index in [2.05, 4.69) is 43.4 Å². The summed E-state index contributed by atoms with van der Waals surface area (Å²) in [6, 6.07) is 12.5. The number of benzene rings is 1. The number of ether oxygens (including phenoxy) is 1. The van der Waals surface area contributed by atoms with Crippen molar-refractivity contribution in [3.8, 4) is 0 Å². The Bertz CT molecular complexity index is 837. The van der Waals surface area contributed by atoms with Crippen molar-refractivity contribution in [2.75, 3.05) is 45.2 Å². The first-order valence-electron chi connectivity index (χ1n) is 10.8. The number of rotatable bonds is 8. The third kappa shape index (κ3) is 8.02. The third-order valence-corrected chi connectivity index (χ3v) is 6.22. The summed E-state index contributed by atoms with van der Waals surface area (Å²) < 4.78 is 5.52. The maximum Gasteiger partial charge on any atom is 0.226 e. The van der Waals surface area contributed by atoms with Gasteiger partial charge < -0.3 is 20.7 Å². The molecule has 1 fully saturated rings. The zero-order chi connectivity index (χ0) is 22.1. The molecule has 0 aliphatic carbocycles. The molecule has 32 heavy (non-hydrogen) atoms. The number of carbonyl (C=O) groups excluding carboxylic acids is 1. The summed E-state index contributed by atoms with van der Waals surface area (Å²) in [7, 11) is 1.79. The van der Waals surface area contributed by atoms with Crippen LogP contribution in [0.2, 0.25) is 0 Å². The molecule has 9 heteroatoms. The molecule has 0 spiro atoms. The molecule has 1 atom stereocenters. The zero-order valence-corrected chi connectivity index (χ0v) is 22.1. The van der Waals surface area contributed by atoms with Crippen LogP contribution in [0.4, 0.5) is 5.69 Å². The molecule has 2 heterocycles. The number of halogens is 1. The van der Waals surface area contributed by atoms with Crippen LogP contribution in [0.5, 0.6) is 0 Å². The Kier molecular flexibility index (Phi) is 11.4. The molecule has 7 nitrogen and oxygen atoms in total. The van der Waals surface area contributed by atoms with Crippen LogP contribution in [-0.2, 0) is 16.1 Å². The minimum atomic E-state index is -0.0359. The van der Waals surface area contributed by atoms with Gasteiger partial charge in [0.05, 0.1) is 19.3 Å². The molecule has 176 valence electrons. The molecule has 3 N–H and O–H groups in total. The number of thiophene rings is 1. The van der Waals surface area contributed by atoms with Gasteiger partial charge in [0, 0.05) is 49.7 Å². The van der Waals surface area contributed by atoms with Crippen LogP contribution < -0.4 is 16.0 Å². The van der Waals surface area contributed by atoms with Gasteiger partial charge in [-0.3, -0.25) is 14.7 Å². The number of hydrogen-bond donors (Lipinski definition) is 3. The number of anilines is 1. The van der Waals surface area contributed by atoms with Crippen LogP contribution in [0, 0.1) is 5.92 Å². The van der Waals surface area contributed by atoms with Gasteiger partial charge in [-0.25, -0.2) is 0 Å². The van der Waals surface area contributed by atoms with Crippen molar-refractivity contribution in [1.29, 1.82) is 0 Å².